The van der Waals surface area contributed by atoms with Gasteiger partial charge in [0.25, 0.3) is 0 Å². The van der Waals surface area contributed by atoms with Crippen molar-refractivity contribution in [3.05, 3.63) is 36.0 Å². The molecule has 4 nitrogen and oxygen atoms in total. The second-order valence-corrected chi connectivity index (χ2v) is 4.89. The van der Waals surface area contributed by atoms with Gasteiger partial charge in [0.15, 0.2) is 0 Å². The van der Waals surface area contributed by atoms with Crippen molar-refractivity contribution in [2.24, 2.45) is 0 Å². The van der Waals surface area contributed by atoms with Crippen LogP contribution in [-0.4, -0.2) is 29.2 Å². The van der Waals surface area contributed by atoms with E-state index in [4.69, 9.17) is 4.74 Å². The molecule has 0 unspecified atom stereocenters. The third kappa shape index (κ3) is 2.43. The van der Waals surface area contributed by atoms with Crippen LogP contribution in [0.3, 0.4) is 0 Å². The highest BCUT2D eigenvalue weighted by Crippen LogP contribution is 2.24. The molecule has 1 fully saturated rings. The van der Waals surface area contributed by atoms with Crippen molar-refractivity contribution in [2.45, 2.75) is 31.5 Å². The fraction of sp³-hybridized carbons (Fsp3) is 0.429. The lowest BCUT2D eigenvalue weighted by Gasteiger charge is -2.34. The number of hydrogen-bond acceptors (Lipinski definition) is 4. The molecule has 2 aromatic rings. The summed E-state index contributed by atoms with van der Waals surface area (Å²) in [7, 11) is 1.72. The first-order valence-electron chi connectivity index (χ1n) is 6.41. The second kappa shape index (κ2) is 5.19. The van der Waals surface area contributed by atoms with Gasteiger partial charge in [-0.05, 0) is 25.0 Å². The molecule has 0 atom stereocenters. The van der Waals surface area contributed by atoms with Crippen LogP contribution >= 0.6 is 0 Å². The van der Waals surface area contributed by atoms with E-state index in [0.29, 0.717) is 29.8 Å². The predicted molar refractivity (Wildman–Crippen MR) is 70.2 cm³/mol. The number of nitrogens with one attached hydrogen (secondary N) is 1. The maximum atomic E-state index is 13.9. The van der Waals surface area contributed by atoms with Gasteiger partial charge in [-0.15, -0.1) is 0 Å². The minimum absolute atomic E-state index is 0.221. The minimum atomic E-state index is -0.221. The van der Waals surface area contributed by atoms with E-state index in [0.717, 1.165) is 18.2 Å². The summed E-state index contributed by atoms with van der Waals surface area (Å²) in [6.07, 6.45) is 5.47. The van der Waals surface area contributed by atoms with Crippen molar-refractivity contribution < 1.29 is 9.13 Å². The Morgan fingerprint density at radius 3 is 3.05 bits per heavy atom. The Morgan fingerprint density at radius 2 is 2.26 bits per heavy atom. The predicted octanol–water partition coefficient (Wildman–Crippen LogP) is 2.04. The van der Waals surface area contributed by atoms with Crippen molar-refractivity contribution in [1.29, 1.82) is 0 Å². The van der Waals surface area contributed by atoms with Crippen molar-refractivity contribution in [2.75, 3.05) is 7.11 Å². The van der Waals surface area contributed by atoms with Gasteiger partial charge in [-0.25, -0.2) is 14.4 Å². The van der Waals surface area contributed by atoms with E-state index in [9.17, 15) is 4.39 Å². The van der Waals surface area contributed by atoms with Gasteiger partial charge in [-0.3, -0.25) is 0 Å². The number of ether oxygens (including phenoxy) is 1. The Bertz CT molecular complexity index is 584. The van der Waals surface area contributed by atoms with Gasteiger partial charge in [0, 0.05) is 36.8 Å². The summed E-state index contributed by atoms with van der Waals surface area (Å²) in [4.78, 5) is 8.14. The summed E-state index contributed by atoms with van der Waals surface area (Å²) < 4.78 is 19.1. The van der Waals surface area contributed by atoms with Crippen LogP contribution in [0.5, 0.6) is 0 Å². The normalized spacial score (nSPS) is 22.4. The minimum Gasteiger partial charge on any atom is -0.381 e. The van der Waals surface area contributed by atoms with E-state index in [1.807, 2.05) is 0 Å². The fourth-order valence-electron chi connectivity index (χ4n) is 2.43. The Kier molecular flexibility index (Phi) is 3.40. The number of halogens is 1. The van der Waals surface area contributed by atoms with Gasteiger partial charge in [-0.1, -0.05) is 0 Å². The summed E-state index contributed by atoms with van der Waals surface area (Å²) in [6, 6.07) is 3.58. The lowest BCUT2D eigenvalue weighted by atomic mass is 9.89. The van der Waals surface area contributed by atoms with Crippen LogP contribution in [0.2, 0.25) is 0 Å². The van der Waals surface area contributed by atoms with Gasteiger partial charge in [0.05, 0.1) is 11.6 Å². The summed E-state index contributed by atoms with van der Waals surface area (Å²) in [6.45, 7) is 0.487. The van der Waals surface area contributed by atoms with Crippen LogP contribution in [0.1, 0.15) is 18.4 Å². The molecule has 5 heteroatoms. The maximum absolute atomic E-state index is 13.9. The first-order chi connectivity index (χ1) is 9.28. The highest BCUT2D eigenvalue weighted by Gasteiger charge is 2.28. The number of rotatable bonds is 4. The van der Waals surface area contributed by atoms with Gasteiger partial charge >= 0.3 is 0 Å². The maximum Gasteiger partial charge on any atom is 0.129 e. The number of fused-ring (bicyclic) bond motifs is 1. The first-order valence-corrected chi connectivity index (χ1v) is 6.41. The van der Waals surface area contributed by atoms with Crippen LogP contribution in [0.4, 0.5) is 4.39 Å². The molecule has 1 aromatic carbocycles. The molecular weight excluding hydrogens is 245 g/mol. The quantitative estimate of drug-likeness (QED) is 0.915. The summed E-state index contributed by atoms with van der Waals surface area (Å²) in [5.74, 6) is -0.221. The third-order valence-electron chi connectivity index (χ3n) is 3.72. The van der Waals surface area contributed by atoms with Gasteiger partial charge in [-0.2, -0.15) is 0 Å². The van der Waals surface area contributed by atoms with Gasteiger partial charge < -0.3 is 10.1 Å². The van der Waals surface area contributed by atoms with E-state index >= 15 is 0 Å². The Hall–Kier alpha value is -1.59. The van der Waals surface area contributed by atoms with Gasteiger partial charge in [0.1, 0.15) is 12.1 Å². The first kappa shape index (κ1) is 12.4. The molecule has 0 aliphatic heterocycles. The van der Waals surface area contributed by atoms with Crippen molar-refractivity contribution in [3.8, 4) is 0 Å². The Balaban J connectivity index is 1.75. The lowest BCUT2D eigenvalue weighted by Crippen LogP contribution is -2.44. The topological polar surface area (TPSA) is 47.0 Å². The molecule has 0 radical (unpaired) electrons. The number of methoxy groups -OCH3 is 1. The molecule has 1 aromatic heterocycles. The largest absolute Gasteiger partial charge is 0.381 e. The molecule has 100 valence electrons. The van der Waals surface area contributed by atoms with Crippen LogP contribution < -0.4 is 5.32 Å². The highest BCUT2D eigenvalue weighted by atomic mass is 19.1. The lowest BCUT2D eigenvalue weighted by molar-refractivity contribution is 0.0169. The Morgan fingerprint density at radius 1 is 1.42 bits per heavy atom. The third-order valence-corrected chi connectivity index (χ3v) is 3.72. The molecular formula is C14H16FN3O. The van der Waals surface area contributed by atoms with E-state index in [1.54, 1.807) is 19.4 Å². The van der Waals surface area contributed by atoms with E-state index in [-0.39, 0.29) is 5.82 Å². The van der Waals surface area contributed by atoms with Crippen molar-refractivity contribution in [1.82, 2.24) is 15.3 Å². The monoisotopic (exact) mass is 261 g/mol. The molecule has 0 saturated heterocycles. The average Bonchev–Trinajstić information content (AvgIpc) is 2.39. The van der Waals surface area contributed by atoms with E-state index in [1.165, 1.54) is 12.4 Å². The zero-order chi connectivity index (χ0) is 13.2. The van der Waals surface area contributed by atoms with Gasteiger partial charge in [0.2, 0.25) is 0 Å². The molecule has 1 heterocycles. The van der Waals surface area contributed by atoms with E-state index in [2.05, 4.69) is 15.3 Å². The number of benzene rings is 1. The molecule has 0 spiro atoms. The molecule has 0 bridgehead atoms. The average molecular weight is 261 g/mol. The molecule has 1 saturated carbocycles. The number of hydrogen-bond donors (Lipinski definition) is 1. The standard InChI is InChI=1S/C14H16FN3O/c1-19-11-4-10(5-11)17-7-12-13(15)3-2-9-6-16-8-18-14(9)12/h2-3,6,8,10-11,17H,4-5,7H2,1H3. The fourth-order valence-corrected chi connectivity index (χ4v) is 2.43. The number of aromatic nitrogens is 2. The summed E-state index contributed by atoms with van der Waals surface area (Å²) in [5, 5.41) is 4.22. The van der Waals surface area contributed by atoms with Crippen molar-refractivity contribution >= 4 is 10.9 Å². The molecule has 1 aliphatic carbocycles. The molecule has 0 amide bonds. The zero-order valence-electron chi connectivity index (χ0n) is 10.8. The molecule has 1 aliphatic rings. The Labute approximate surface area is 111 Å². The van der Waals surface area contributed by atoms with Crippen molar-refractivity contribution in [3.63, 3.8) is 0 Å². The smallest absolute Gasteiger partial charge is 0.129 e. The molecule has 19 heavy (non-hydrogen) atoms. The second-order valence-electron chi connectivity index (χ2n) is 4.89. The molecule has 1 N–H and O–H groups in total. The number of nitrogens with zero attached hydrogens (tertiary/aromatic N) is 2. The van der Waals surface area contributed by atoms with Crippen LogP contribution in [-0.2, 0) is 11.3 Å². The van der Waals surface area contributed by atoms with Crippen LogP contribution in [0.25, 0.3) is 10.9 Å². The zero-order valence-corrected chi connectivity index (χ0v) is 10.8. The summed E-state index contributed by atoms with van der Waals surface area (Å²) in [5.41, 5.74) is 1.30. The van der Waals surface area contributed by atoms with E-state index < -0.39 is 0 Å². The van der Waals surface area contributed by atoms with Crippen LogP contribution in [0.15, 0.2) is 24.7 Å². The van der Waals surface area contributed by atoms with Crippen LogP contribution in [0, 0.1) is 5.82 Å². The highest BCUT2D eigenvalue weighted by molar-refractivity contribution is 5.80. The summed E-state index contributed by atoms with van der Waals surface area (Å²) >= 11 is 0. The molecule has 3 rings (SSSR count). The SMILES string of the molecule is COC1CC(NCc2c(F)ccc3cncnc23)C1.